The Hall–Kier alpha value is -0.710. The Balaban J connectivity index is 3.27. The second-order valence-corrected chi connectivity index (χ2v) is 3.98. The largest absolute Gasteiger partial charge is 0.396 e. The fourth-order valence-corrected chi connectivity index (χ4v) is 1.64. The molecule has 1 N–H and O–H groups in total. The predicted octanol–water partition coefficient (Wildman–Crippen LogP) is 2.86. The summed E-state index contributed by atoms with van der Waals surface area (Å²) in [6.07, 6.45) is 0. The molecule has 0 bridgehead atoms. The Morgan fingerprint density at radius 2 is 2.06 bits per heavy atom. The normalized spacial score (nSPS) is 12.9. The molecule has 1 aromatic carbocycles. The lowest BCUT2D eigenvalue weighted by atomic mass is 9.99. The van der Waals surface area contributed by atoms with E-state index in [0.717, 1.165) is 0 Å². The van der Waals surface area contributed by atoms with E-state index in [4.69, 9.17) is 21.4 Å². The Morgan fingerprint density at radius 1 is 1.44 bits per heavy atom. The van der Waals surface area contributed by atoms with Crippen LogP contribution in [-0.2, 0) is 11.3 Å². The van der Waals surface area contributed by atoms with E-state index in [1.807, 2.05) is 0 Å². The van der Waals surface area contributed by atoms with Gasteiger partial charge in [0.1, 0.15) is 0 Å². The van der Waals surface area contributed by atoms with Gasteiger partial charge in [0.25, 0.3) is 0 Å². The molecule has 2 nitrogen and oxygen atoms in total. The maximum atomic E-state index is 13.6. The van der Waals surface area contributed by atoms with Crippen molar-refractivity contribution in [2.45, 2.75) is 19.4 Å². The number of aliphatic hydroxyl groups is 1. The molecular formula is C11H13ClF2O2. The standard InChI is InChI=1S/C11H13ClF2O2/c1-6(4-15)7-3-9(12)8(5-16-2)11(14)10(7)13/h3,6,15H,4-5H2,1-2H3. The first kappa shape index (κ1) is 13.4. The lowest BCUT2D eigenvalue weighted by molar-refractivity contribution is 0.180. The van der Waals surface area contributed by atoms with Crippen molar-refractivity contribution in [2.24, 2.45) is 0 Å². The van der Waals surface area contributed by atoms with Gasteiger partial charge in [0, 0.05) is 30.2 Å². The maximum Gasteiger partial charge on any atom is 0.166 e. The number of rotatable bonds is 4. The average Bonchev–Trinajstić information content (AvgIpc) is 2.28. The molecule has 0 aromatic heterocycles. The van der Waals surface area contributed by atoms with Crippen molar-refractivity contribution >= 4 is 11.6 Å². The van der Waals surface area contributed by atoms with E-state index in [9.17, 15) is 8.78 Å². The molecule has 0 heterocycles. The minimum absolute atomic E-state index is 0.00411. The smallest absolute Gasteiger partial charge is 0.166 e. The molecule has 5 heteroatoms. The highest BCUT2D eigenvalue weighted by Gasteiger charge is 2.20. The highest BCUT2D eigenvalue weighted by Crippen LogP contribution is 2.29. The van der Waals surface area contributed by atoms with Crippen LogP contribution in [0.2, 0.25) is 5.02 Å². The highest BCUT2D eigenvalue weighted by molar-refractivity contribution is 6.31. The third-order valence-electron chi connectivity index (χ3n) is 2.38. The number of benzene rings is 1. The molecule has 1 atom stereocenters. The van der Waals surface area contributed by atoms with E-state index in [2.05, 4.69) is 0 Å². The van der Waals surface area contributed by atoms with E-state index < -0.39 is 17.6 Å². The van der Waals surface area contributed by atoms with E-state index in [-0.39, 0.29) is 29.4 Å². The van der Waals surface area contributed by atoms with Gasteiger partial charge in [0.2, 0.25) is 0 Å². The summed E-state index contributed by atoms with van der Waals surface area (Å²) in [5, 5.41) is 9.02. The summed E-state index contributed by atoms with van der Waals surface area (Å²) in [5.41, 5.74) is 0.0698. The summed E-state index contributed by atoms with van der Waals surface area (Å²) >= 11 is 5.82. The van der Waals surface area contributed by atoms with E-state index in [1.165, 1.54) is 13.2 Å². The zero-order valence-electron chi connectivity index (χ0n) is 9.06. The average molecular weight is 251 g/mol. The van der Waals surface area contributed by atoms with Crippen molar-refractivity contribution in [3.8, 4) is 0 Å². The van der Waals surface area contributed by atoms with Gasteiger partial charge in [-0.25, -0.2) is 8.78 Å². The first-order chi connectivity index (χ1) is 7.52. The molecule has 0 aliphatic heterocycles. The molecule has 1 rings (SSSR count). The van der Waals surface area contributed by atoms with Gasteiger partial charge in [-0.05, 0) is 11.6 Å². The summed E-state index contributed by atoms with van der Waals surface area (Å²) in [5.74, 6) is -2.48. The Kier molecular flexibility index (Phi) is 4.65. The van der Waals surface area contributed by atoms with E-state index >= 15 is 0 Å². The second kappa shape index (κ2) is 5.57. The fourth-order valence-electron chi connectivity index (χ4n) is 1.38. The molecule has 1 aromatic rings. The van der Waals surface area contributed by atoms with Crippen LogP contribution in [-0.4, -0.2) is 18.8 Å². The van der Waals surface area contributed by atoms with Crippen LogP contribution in [0, 0.1) is 11.6 Å². The van der Waals surface area contributed by atoms with Gasteiger partial charge in [0.15, 0.2) is 11.6 Å². The number of aliphatic hydroxyl groups excluding tert-OH is 1. The topological polar surface area (TPSA) is 29.5 Å². The molecule has 0 fully saturated rings. The van der Waals surface area contributed by atoms with Gasteiger partial charge >= 0.3 is 0 Å². The number of hydrogen-bond acceptors (Lipinski definition) is 2. The highest BCUT2D eigenvalue weighted by atomic mass is 35.5. The summed E-state index contributed by atoms with van der Waals surface area (Å²) in [6.45, 7) is 1.23. The van der Waals surface area contributed by atoms with Crippen LogP contribution in [0.15, 0.2) is 6.07 Å². The Labute approximate surface area is 97.8 Å². The van der Waals surface area contributed by atoms with Crippen LogP contribution in [0.1, 0.15) is 24.0 Å². The van der Waals surface area contributed by atoms with Crippen molar-refractivity contribution in [1.29, 1.82) is 0 Å². The van der Waals surface area contributed by atoms with Crippen molar-refractivity contribution in [3.05, 3.63) is 33.9 Å². The van der Waals surface area contributed by atoms with Crippen molar-refractivity contribution in [3.63, 3.8) is 0 Å². The molecule has 1 unspecified atom stereocenters. The van der Waals surface area contributed by atoms with Gasteiger partial charge in [-0.2, -0.15) is 0 Å². The Morgan fingerprint density at radius 3 is 2.56 bits per heavy atom. The summed E-state index contributed by atoms with van der Waals surface area (Å²) in [4.78, 5) is 0. The quantitative estimate of drug-likeness (QED) is 0.833. The maximum absolute atomic E-state index is 13.6. The number of hydrogen-bond donors (Lipinski definition) is 1. The van der Waals surface area contributed by atoms with Crippen molar-refractivity contribution in [1.82, 2.24) is 0 Å². The van der Waals surface area contributed by atoms with Crippen LogP contribution in [0.25, 0.3) is 0 Å². The Bertz CT molecular complexity index is 383. The number of halogens is 3. The van der Waals surface area contributed by atoms with Crippen LogP contribution < -0.4 is 0 Å². The van der Waals surface area contributed by atoms with Crippen molar-refractivity contribution < 1.29 is 18.6 Å². The molecular weight excluding hydrogens is 238 g/mol. The minimum atomic E-state index is -1.01. The molecule has 0 amide bonds. The fraction of sp³-hybridized carbons (Fsp3) is 0.455. The lowest BCUT2D eigenvalue weighted by Crippen LogP contribution is -2.07. The van der Waals surface area contributed by atoms with E-state index in [0.29, 0.717) is 0 Å². The van der Waals surface area contributed by atoms with Crippen molar-refractivity contribution in [2.75, 3.05) is 13.7 Å². The zero-order valence-corrected chi connectivity index (χ0v) is 9.81. The lowest BCUT2D eigenvalue weighted by Gasteiger charge is -2.14. The first-order valence-electron chi connectivity index (χ1n) is 4.79. The molecule has 90 valence electrons. The van der Waals surface area contributed by atoms with Gasteiger partial charge < -0.3 is 9.84 Å². The van der Waals surface area contributed by atoms with Crippen LogP contribution in [0.5, 0.6) is 0 Å². The van der Waals surface area contributed by atoms with E-state index in [1.54, 1.807) is 6.92 Å². The third-order valence-corrected chi connectivity index (χ3v) is 2.71. The van der Waals surface area contributed by atoms with Gasteiger partial charge in [-0.3, -0.25) is 0 Å². The number of methoxy groups -OCH3 is 1. The monoisotopic (exact) mass is 250 g/mol. The molecule has 0 saturated carbocycles. The first-order valence-corrected chi connectivity index (χ1v) is 5.16. The molecule has 0 spiro atoms. The van der Waals surface area contributed by atoms with Gasteiger partial charge in [-0.1, -0.05) is 18.5 Å². The predicted molar refractivity (Wildman–Crippen MR) is 57.6 cm³/mol. The molecule has 0 aliphatic carbocycles. The molecule has 0 saturated heterocycles. The second-order valence-electron chi connectivity index (χ2n) is 3.57. The molecule has 0 aliphatic rings. The minimum Gasteiger partial charge on any atom is -0.396 e. The summed E-state index contributed by atoms with van der Waals surface area (Å²) < 4.78 is 31.9. The third kappa shape index (κ3) is 2.51. The van der Waals surface area contributed by atoms with Gasteiger partial charge in [-0.15, -0.1) is 0 Å². The summed E-state index contributed by atoms with van der Waals surface area (Å²) in [6, 6.07) is 1.33. The van der Waals surface area contributed by atoms with Gasteiger partial charge in [0.05, 0.1) is 6.61 Å². The SMILES string of the molecule is COCc1c(Cl)cc(C(C)CO)c(F)c1F. The van der Waals surface area contributed by atoms with Crippen LogP contribution >= 0.6 is 11.6 Å². The molecule has 16 heavy (non-hydrogen) atoms. The number of ether oxygens (including phenoxy) is 1. The summed E-state index contributed by atoms with van der Waals surface area (Å²) in [7, 11) is 1.37. The van der Waals surface area contributed by atoms with Crippen LogP contribution in [0.3, 0.4) is 0 Å². The molecule has 0 radical (unpaired) electrons. The zero-order chi connectivity index (χ0) is 12.3. The van der Waals surface area contributed by atoms with Crippen LogP contribution in [0.4, 0.5) is 8.78 Å².